The minimum absolute atomic E-state index is 0.107. The summed E-state index contributed by atoms with van der Waals surface area (Å²) < 4.78 is 28.1. The van der Waals surface area contributed by atoms with E-state index in [0.29, 0.717) is 12.5 Å². The number of carbonyl (C=O) groups is 1. The van der Waals surface area contributed by atoms with E-state index in [9.17, 15) is 13.2 Å². The van der Waals surface area contributed by atoms with Crippen molar-refractivity contribution in [3.63, 3.8) is 0 Å². The second kappa shape index (κ2) is 6.19. The number of ether oxygens (including phenoxy) is 1. The van der Waals surface area contributed by atoms with Gasteiger partial charge in [0, 0.05) is 13.1 Å². The van der Waals surface area contributed by atoms with E-state index in [0.717, 1.165) is 32.5 Å². The second-order valence-corrected chi connectivity index (χ2v) is 7.57. The van der Waals surface area contributed by atoms with Crippen molar-refractivity contribution in [1.82, 2.24) is 10.2 Å². The zero-order valence-corrected chi connectivity index (χ0v) is 12.1. The third kappa shape index (κ3) is 3.90. The maximum atomic E-state index is 11.8. The lowest BCUT2D eigenvalue weighted by atomic mass is 9.97. The highest BCUT2D eigenvalue weighted by atomic mass is 32.2. The Labute approximate surface area is 114 Å². The smallest absolute Gasteiger partial charge is 0.324 e. The van der Waals surface area contributed by atoms with Gasteiger partial charge in [0.2, 0.25) is 0 Å². The highest BCUT2D eigenvalue weighted by Gasteiger charge is 2.37. The molecule has 2 heterocycles. The van der Waals surface area contributed by atoms with E-state index in [1.165, 1.54) is 7.11 Å². The molecule has 1 N–H and O–H groups in total. The summed E-state index contributed by atoms with van der Waals surface area (Å²) in [6, 6.07) is -0.626. The van der Waals surface area contributed by atoms with Gasteiger partial charge in [-0.2, -0.15) is 0 Å². The van der Waals surface area contributed by atoms with E-state index in [4.69, 9.17) is 4.74 Å². The Morgan fingerprint density at radius 2 is 2.05 bits per heavy atom. The number of esters is 1. The van der Waals surface area contributed by atoms with E-state index in [2.05, 4.69) is 5.32 Å². The van der Waals surface area contributed by atoms with Crippen LogP contribution in [0.15, 0.2) is 0 Å². The molecule has 2 aliphatic rings. The molecule has 2 saturated heterocycles. The third-order valence-corrected chi connectivity index (χ3v) is 5.59. The number of piperidine rings is 1. The lowest BCUT2D eigenvalue weighted by Gasteiger charge is -2.36. The molecule has 2 aliphatic heterocycles. The van der Waals surface area contributed by atoms with Crippen LogP contribution >= 0.6 is 0 Å². The molecule has 110 valence electrons. The summed E-state index contributed by atoms with van der Waals surface area (Å²) in [4.78, 5) is 13.8. The van der Waals surface area contributed by atoms with Crippen LogP contribution in [-0.2, 0) is 19.4 Å². The summed E-state index contributed by atoms with van der Waals surface area (Å²) in [6.07, 6.45) is 2.16. The van der Waals surface area contributed by atoms with Crippen LogP contribution in [0.3, 0.4) is 0 Å². The number of carbonyl (C=O) groups excluding carboxylic acids is 1. The Balaban J connectivity index is 2.02. The van der Waals surface area contributed by atoms with Crippen LogP contribution in [0, 0.1) is 5.92 Å². The fourth-order valence-electron chi connectivity index (χ4n) is 2.81. The minimum atomic E-state index is -3.12. The number of hydrogen-bond donors (Lipinski definition) is 1. The summed E-state index contributed by atoms with van der Waals surface area (Å²) >= 11 is 0. The molecule has 0 aromatic rings. The van der Waals surface area contributed by atoms with Crippen LogP contribution in [-0.4, -0.2) is 70.1 Å². The molecule has 1 atom stereocenters. The molecule has 2 fully saturated rings. The van der Waals surface area contributed by atoms with Gasteiger partial charge in [0.05, 0.1) is 18.6 Å². The standard InChI is InChI=1S/C12H22N2O4S/c1-18-12(15)11-9-19(16,17)7-6-14(11)8-10-2-4-13-5-3-10/h10-11,13H,2-9H2,1H3. The lowest BCUT2D eigenvalue weighted by Crippen LogP contribution is -2.54. The van der Waals surface area contributed by atoms with E-state index in [1.807, 2.05) is 4.90 Å². The largest absolute Gasteiger partial charge is 0.468 e. The molecule has 6 nitrogen and oxygen atoms in total. The van der Waals surface area contributed by atoms with Crippen molar-refractivity contribution >= 4 is 15.8 Å². The zero-order chi connectivity index (χ0) is 13.9. The molecule has 0 radical (unpaired) electrons. The van der Waals surface area contributed by atoms with Crippen LogP contribution in [0.4, 0.5) is 0 Å². The van der Waals surface area contributed by atoms with Crippen LogP contribution < -0.4 is 5.32 Å². The van der Waals surface area contributed by atoms with Gasteiger partial charge in [-0.15, -0.1) is 0 Å². The third-order valence-electron chi connectivity index (χ3n) is 3.97. The van der Waals surface area contributed by atoms with Gasteiger partial charge in [0.25, 0.3) is 0 Å². The SMILES string of the molecule is COC(=O)C1CS(=O)(=O)CCN1CC1CCNCC1. The molecule has 19 heavy (non-hydrogen) atoms. The van der Waals surface area contributed by atoms with Crippen molar-refractivity contribution in [2.45, 2.75) is 18.9 Å². The van der Waals surface area contributed by atoms with Crippen LogP contribution in [0.25, 0.3) is 0 Å². The number of methoxy groups -OCH3 is 1. The zero-order valence-electron chi connectivity index (χ0n) is 11.3. The number of nitrogens with one attached hydrogen (secondary N) is 1. The molecule has 1 unspecified atom stereocenters. The van der Waals surface area contributed by atoms with E-state index < -0.39 is 21.8 Å². The number of hydrogen-bond acceptors (Lipinski definition) is 6. The summed E-state index contributed by atoms with van der Waals surface area (Å²) in [6.45, 7) is 3.22. The maximum Gasteiger partial charge on any atom is 0.324 e. The fraction of sp³-hybridized carbons (Fsp3) is 0.917. The average molecular weight is 290 g/mol. The second-order valence-electron chi connectivity index (χ2n) is 5.34. The highest BCUT2D eigenvalue weighted by molar-refractivity contribution is 7.91. The molecule has 0 bridgehead atoms. The van der Waals surface area contributed by atoms with Crippen molar-refractivity contribution in [1.29, 1.82) is 0 Å². The molecule has 2 rings (SSSR count). The lowest BCUT2D eigenvalue weighted by molar-refractivity contribution is -0.146. The van der Waals surface area contributed by atoms with Gasteiger partial charge in [0.1, 0.15) is 6.04 Å². The summed E-state index contributed by atoms with van der Waals surface area (Å²) in [5.41, 5.74) is 0. The number of nitrogens with zero attached hydrogens (tertiary/aromatic N) is 1. The first kappa shape index (κ1) is 14.7. The van der Waals surface area contributed by atoms with Crippen molar-refractivity contribution in [3.05, 3.63) is 0 Å². The topological polar surface area (TPSA) is 75.7 Å². The maximum absolute atomic E-state index is 11.8. The molecule has 0 aromatic heterocycles. The Kier molecular flexibility index (Phi) is 4.81. The van der Waals surface area contributed by atoms with E-state index in [-0.39, 0.29) is 11.5 Å². The van der Waals surface area contributed by atoms with E-state index >= 15 is 0 Å². The van der Waals surface area contributed by atoms with Gasteiger partial charge in [-0.05, 0) is 31.8 Å². The number of sulfone groups is 1. The Hall–Kier alpha value is -0.660. The fourth-order valence-corrected chi connectivity index (χ4v) is 4.32. The Bertz CT molecular complexity index is 417. The molecule has 0 aromatic carbocycles. The summed E-state index contributed by atoms with van der Waals surface area (Å²) in [5.74, 6) is 0.141. The summed E-state index contributed by atoms with van der Waals surface area (Å²) in [5, 5.41) is 3.30. The van der Waals surface area contributed by atoms with Gasteiger partial charge in [0.15, 0.2) is 9.84 Å². The molecule has 0 saturated carbocycles. The van der Waals surface area contributed by atoms with Gasteiger partial charge in [-0.1, -0.05) is 0 Å². The van der Waals surface area contributed by atoms with Crippen molar-refractivity contribution in [3.8, 4) is 0 Å². The molecule has 7 heteroatoms. The normalized spacial score (nSPS) is 29.0. The molecular formula is C12H22N2O4S. The summed E-state index contributed by atoms with van der Waals surface area (Å²) in [7, 11) is -1.80. The highest BCUT2D eigenvalue weighted by Crippen LogP contribution is 2.19. The van der Waals surface area contributed by atoms with Gasteiger partial charge < -0.3 is 10.1 Å². The molecule has 0 spiro atoms. The first-order valence-corrected chi connectivity index (χ1v) is 8.57. The van der Waals surface area contributed by atoms with Gasteiger partial charge >= 0.3 is 5.97 Å². The van der Waals surface area contributed by atoms with Crippen LogP contribution in [0.2, 0.25) is 0 Å². The quantitative estimate of drug-likeness (QED) is 0.690. The molecule has 0 amide bonds. The van der Waals surface area contributed by atoms with Crippen LogP contribution in [0.1, 0.15) is 12.8 Å². The number of rotatable bonds is 3. The predicted molar refractivity (Wildman–Crippen MR) is 71.6 cm³/mol. The first-order valence-electron chi connectivity index (χ1n) is 6.75. The van der Waals surface area contributed by atoms with Crippen LogP contribution in [0.5, 0.6) is 0 Å². The van der Waals surface area contributed by atoms with Gasteiger partial charge in [-0.25, -0.2) is 8.42 Å². The Morgan fingerprint density at radius 1 is 1.37 bits per heavy atom. The van der Waals surface area contributed by atoms with Crippen molar-refractivity contribution in [2.24, 2.45) is 5.92 Å². The van der Waals surface area contributed by atoms with E-state index in [1.54, 1.807) is 0 Å². The molecule has 0 aliphatic carbocycles. The van der Waals surface area contributed by atoms with Crippen molar-refractivity contribution < 1.29 is 17.9 Å². The predicted octanol–water partition coefficient (Wildman–Crippen LogP) is -0.742. The monoisotopic (exact) mass is 290 g/mol. The Morgan fingerprint density at radius 3 is 2.68 bits per heavy atom. The average Bonchev–Trinajstić information content (AvgIpc) is 2.41. The minimum Gasteiger partial charge on any atom is -0.468 e. The molecular weight excluding hydrogens is 268 g/mol. The first-order chi connectivity index (χ1) is 9.02. The van der Waals surface area contributed by atoms with Gasteiger partial charge in [-0.3, -0.25) is 9.69 Å². The van der Waals surface area contributed by atoms with Crippen molar-refractivity contribution in [2.75, 3.05) is 44.8 Å².